The molecule has 4 aromatic rings. The highest BCUT2D eigenvalue weighted by molar-refractivity contribution is 7.10. The summed E-state index contributed by atoms with van der Waals surface area (Å²) in [5.74, 6) is 0.0494. The maximum absolute atomic E-state index is 12.4. The molecule has 27 heavy (non-hydrogen) atoms. The molecule has 4 heteroatoms. The lowest BCUT2D eigenvalue weighted by molar-refractivity contribution is 0.0992. The number of aromatic nitrogens is 2. The minimum atomic E-state index is 0.0494. The number of nitrogens with zero attached hydrogens (tertiary/aromatic N) is 2. The highest BCUT2D eigenvalue weighted by Gasteiger charge is 2.19. The van der Waals surface area contributed by atoms with Gasteiger partial charge in [-0.1, -0.05) is 36.4 Å². The van der Waals surface area contributed by atoms with Gasteiger partial charge in [-0.3, -0.25) is 9.78 Å². The Kier molecular flexibility index (Phi) is 3.91. The number of hydrogen-bond donors (Lipinski definition) is 0. The van der Waals surface area contributed by atoms with E-state index in [0.717, 1.165) is 22.7 Å². The molecular formula is C23H16N2OS. The van der Waals surface area contributed by atoms with E-state index in [4.69, 9.17) is 4.98 Å². The topological polar surface area (TPSA) is 42.9 Å². The van der Waals surface area contributed by atoms with Gasteiger partial charge < -0.3 is 0 Å². The second-order valence-corrected chi connectivity index (χ2v) is 7.62. The molecule has 0 amide bonds. The summed E-state index contributed by atoms with van der Waals surface area (Å²) in [7, 11) is 0. The summed E-state index contributed by atoms with van der Waals surface area (Å²) < 4.78 is 0. The molecule has 0 radical (unpaired) electrons. The third-order valence-electron chi connectivity index (χ3n) is 4.94. The molecule has 5 rings (SSSR count). The second kappa shape index (κ2) is 6.56. The molecule has 0 saturated carbocycles. The molecule has 2 aromatic carbocycles. The number of pyridine rings is 1. The minimum Gasteiger partial charge on any atom is -0.294 e. The van der Waals surface area contributed by atoms with Crippen LogP contribution in [0.15, 0.2) is 72.4 Å². The lowest BCUT2D eigenvalue weighted by Gasteiger charge is -2.03. The Bertz CT molecular complexity index is 1150. The van der Waals surface area contributed by atoms with Crippen LogP contribution in [0.4, 0.5) is 0 Å². The average molecular weight is 368 g/mol. The molecule has 1 aliphatic carbocycles. The van der Waals surface area contributed by atoms with Gasteiger partial charge in [-0.05, 0) is 46.9 Å². The Morgan fingerprint density at radius 1 is 1.00 bits per heavy atom. The number of carbonyl (C=O) groups is 1. The summed E-state index contributed by atoms with van der Waals surface area (Å²) >= 11 is 1.54. The van der Waals surface area contributed by atoms with Crippen LogP contribution in [0.25, 0.3) is 22.4 Å². The van der Waals surface area contributed by atoms with Gasteiger partial charge in [0, 0.05) is 28.9 Å². The van der Waals surface area contributed by atoms with Crippen LogP contribution >= 0.6 is 11.3 Å². The van der Waals surface area contributed by atoms with Crippen LogP contribution in [0.3, 0.4) is 0 Å². The quantitative estimate of drug-likeness (QED) is 0.409. The SMILES string of the molecule is O=C(Cc1nc(-c2ccc3c(c2)Cc2ccccc2-3)cs1)c1cccnc1. The highest BCUT2D eigenvalue weighted by atomic mass is 32.1. The lowest BCUT2D eigenvalue weighted by atomic mass is 10.0. The van der Waals surface area contributed by atoms with Gasteiger partial charge in [-0.15, -0.1) is 11.3 Å². The first-order valence-corrected chi connectivity index (χ1v) is 9.75. The molecule has 2 heterocycles. The number of carbonyl (C=O) groups excluding carboxylic acids is 1. The van der Waals surface area contributed by atoms with Crippen LogP contribution in [0.2, 0.25) is 0 Å². The Hall–Kier alpha value is -3.11. The summed E-state index contributed by atoms with van der Waals surface area (Å²) in [6.07, 6.45) is 4.56. The molecule has 0 unspecified atom stereocenters. The lowest BCUT2D eigenvalue weighted by Crippen LogP contribution is -2.03. The van der Waals surface area contributed by atoms with E-state index in [0.29, 0.717) is 12.0 Å². The van der Waals surface area contributed by atoms with Crippen molar-refractivity contribution < 1.29 is 4.79 Å². The van der Waals surface area contributed by atoms with Gasteiger partial charge in [-0.2, -0.15) is 0 Å². The number of fused-ring (bicyclic) bond motifs is 3. The first-order valence-electron chi connectivity index (χ1n) is 8.87. The molecule has 0 bridgehead atoms. The zero-order chi connectivity index (χ0) is 18.2. The van der Waals surface area contributed by atoms with Gasteiger partial charge in [-0.25, -0.2) is 4.98 Å². The van der Waals surface area contributed by atoms with E-state index in [-0.39, 0.29) is 5.78 Å². The van der Waals surface area contributed by atoms with E-state index in [2.05, 4.69) is 47.4 Å². The van der Waals surface area contributed by atoms with E-state index in [1.54, 1.807) is 24.5 Å². The predicted octanol–water partition coefficient (Wildman–Crippen LogP) is 5.20. The molecule has 0 aliphatic heterocycles. The molecule has 0 fully saturated rings. The Labute approximate surface area is 161 Å². The maximum Gasteiger partial charge on any atom is 0.171 e. The van der Waals surface area contributed by atoms with Crippen molar-refractivity contribution in [3.05, 3.63) is 94.1 Å². The number of rotatable bonds is 4. The monoisotopic (exact) mass is 368 g/mol. The summed E-state index contributed by atoms with van der Waals surface area (Å²) in [5.41, 5.74) is 8.05. The predicted molar refractivity (Wildman–Crippen MR) is 108 cm³/mol. The Balaban J connectivity index is 1.39. The van der Waals surface area contributed by atoms with Crippen molar-refractivity contribution in [3.8, 4) is 22.4 Å². The van der Waals surface area contributed by atoms with Gasteiger partial charge in [0.15, 0.2) is 5.78 Å². The normalized spacial score (nSPS) is 11.9. The number of benzene rings is 2. The van der Waals surface area contributed by atoms with Gasteiger partial charge in [0.1, 0.15) is 5.01 Å². The van der Waals surface area contributed by atoms with E-state index in [9.17, 15) is 4.79 Å². The van der Waals surface area contributed by atoms with Gasteiger partial charge in [0.25, 0.3) is 0 Å². The molecule has 0 atom stereocenters. The molecule has 0 saturated heterocycles. The van der Waals surface area contributed by atoms with E-state index in [1.807, 2.05) is 5.38 Å². The largest absolute Gasteiger partial charge is 0.294 e. The summed E-state index contributed by atoms with van der Waals surface area (Å²) in [5, 5.41) is 2.87. The molecule has 130 valence electrons. The summed E-state index contributed by atoms with van der Waals surface area (Å²) in [6.45, 7) is 0. The van der Waals surface area contributed by atoms with Crippen LogP contribution in [0.1, 0.15) is 26.5 Å². The smallest absolute Gasteiger partial charge is 0.171 e. The second-order valence-electron chi connectivity index (χ2n) is 6.67. The van der Waals surface area contributed by atoms with Crippen molar-refractivity contribution in [2.45, 2.75) is 12.8 Å². The van der Waals surface area contributed by atoms with Crippen molar-refractivity contribution in [1.29, 1.82) is 0 Å². The van der Waals surface area contributed by atoms with Crippen molar-refractivity contribution in [2.75, 3.05) is 0 Å². The Morgan fingerprint density at radius 3 is 2.78 bits per heavy atom. The van der Waals surface area contributed by atoms with Crippen LogP contribution in [-0.4, -0.2) is 15.8 Å². The van der Waals surface area contributed by atoms with Gasteiger partial charge in [0.2, 0.25) is 0 Å². The number of Topliss-reactive ketones (excluding diaryl/α,β-unsaturated/α-hetero) is 1. The van der Waals surface area contributed by atoms with E-state index < -0.39 is 0 Å². The third kappa shape index (κ3) is 2.98. The molecule has 0 spiro atoms. The Morgan fingerprint density at radius 2 is 1.89 bits per heavy atom. The zero-order valence-electron chi connectivity index (χ0n) is 14.6. The number of hydrogen-bond acceptors (Lipinski definition) is 4. The van der Waals surface area contributed by atoms with Crippen LogP contribution in [0, 0.1) is 0 Å². The minimum absolute atomic E-state index is 0.0494. The van der Waals surface area contributed by atoms with Crippen LogP contribution in [-0.2, 0) is 12.8 Å². The fraction of sp³-hybridized carbons (Fsp3) is 0.0870. The first-order chi connectivity index (χ1) is 13.3. The molecule has 2 aromatic heterocycles. The van der Waals surface area contributed by atoms with E-state index in [1.165, 1.54) is 33.6 Å². The molecule has 0 N–H and O–H groups in total. The summed E-state index contributed by atoms with van der Waals surface area (Å²) in [4.78, 5) is 21.1. The maximum atomic E-state index is 12.4. The fourth-order valence-electron chi connectivity index (χ4n) is 3.60. The number of ketones is 1. The summed E-state index contributed by atoms with van der Waals surface area (Å²) in [6, 6.07) is 18.7. The van der Waals surface area contributed by atoms with Gasteiger partial charge in [0.05, 0.1) is 12.1 Å². The third-order valence-corrected chi connectivity index (χ3v) is 5.79. The van der Waals surface area contributed by atoms with E-state index >= 15 is 0 Å². The molecular weight excluding hydrogens is 352 g/mol. The number of thiazole rings is 1. The average Bonchev–Trinajstić information content (AvgIpc) is 3.32. The van der Waals surface area contributed by atoms with Crippen molar-refractivity contribution in [1.82, 2.24) is 9.97 Å². The molecule has 3 nitrogen and oxygen atoms in total. The standard InChI is InChI=1S/C23H16N2OS/c26-22(17-5-3-9-24-13-17)12-23-25-21(14-27-23)16-7-8-20-18(11-16)10-15-4-1-2-6-19(15)20/h1-9,11,13-14H,10,12H2. The first kappa shape index (κ1) is 16.1. The van der Waals surface area contributed by atoms with Crippen molar-refractivity contribution >= 4 is 17.1 Å². The molecule has 1 aliphatic rings. The zero-order valence-corrected chi connectivity index (χ0v) is 15.4. The van der Waals surface area contributed by atoms with Crippen LogP contribution in [0.5, 0.6) is 0 Å². The van der Waals surface area contributed by atoms with Crippen molar-refractivity contribution in [2.24, 2.45) is 0 Å². The fourth-order valence-corrected chi connectivity index (χ4v) is 4.40. The van der Waals surface area contributed by atoms with Gasteiger partial charge >= 0.3 is 0 Å². The van der Waals surface area contributed by atoms with Crippen LogP contribution < -0.4 is 0 Å². The highest BCUT2D eigenvalue weighted by Crippen LogP contribution is 2.38. The van der Waals surface area contributed by atoms with Crippen molar-refractivity contribution in [3.63, 3.8) is 0 Å².